The highest BCUT2D eigenvalue weighted by Crippen LogP contribution is 2.28. The number of carboxylic acids is 1. The highest BCUT2D eigenvalue weighted by molar-refractivity contribution is 5.94. The Morgan fingerprint density at radius 3 is 2.30 bits per heavy atom. The zero-order valence-electron chi connectivity index (χ0n) is 18.9. The lowest BCUT2D eigenvalue weighted by Crippen LogP contribution is -2.49. The van der Waals surface area contributed by atoms with Gasteiger partial charge in [0.25, 0.3) is 0 Å². The lowest BCUT2D eigenvalue weighted by Gasteiger charge is -2.37. The van der Waals surface area contributed by atoms with Crippen molar-refractivity contribution in [3.05, 3.63) is 48.5 Å². The van der Waals surface area contributed by atoms with E-state index in [4.69, 9.17) is 4.74 Å². The fourth-order valence-electron chi connectivity index (χ4n) is 3.92. The lowest BCUT2D eigenvalue weighted by atomic mass is 10.0. The van der Waals surface area contributed by atoms with Gasteiger partial charge in [-0.3, -0.25) is 19.3 Å². The van der Waals surface area contributed by atoms with Crippen LogP contribution in [0.4, 0.5) is 17.1 Å². The van der Waals surface area contributed by atoms with Crippen LogP contribution in [0, 0.1) is 5.92 Å². The molecule has 0 aromatic heterocycles. The maximum absolute atomic E-state index is 12.5. The second-order valence-electron chi connectivity index (χ2n) is 8.01. The average Bonchev–Trinajstić information content (AvgIpc) is 2.79. The number of hydrogen-bond acceptors (Lipinski definition) is 6. The van der Waals surface area contributed by atoms with E-state index in [0.717, 1.165) is 24.5 Å². The Morgan fingerprint density at radius 1 is 1.00 bits per heavy atom. The second kappa shape index (κ2) is 11.3. The molecule has 0 bridgehead atoms. The van der Waals surface area contributed by atoms with Gasteiger partial charge in [0.05, 0.1) is 18.7 Å². The molecule has 0 saturated carbocycles. The minimum atomic E-state index is -0.996. The topological polar surface area (TPSA) is 111 Å². The molecule has 1 aliphatic heterocycles. The number of benzene rings is 2. The third-order valence-corrected chi connectivity index (χ3v) is 5.52. The molecule has 2 aromatic rings. The van der Waals surface area contributed by atoms with Crippen LogP contribution in [0.5, 0.6) is 5.75 Å². The predicted octanol–water partition coefficient (Wildman–Crippen LogP) is 2.51. The van der Waals surface area contributed by atoms with Crippen molar-refractivity contribution in [1.29, 1.82) is 0 Å². The summed E-state index contributed by atoms with van der Waals surface area (Å²) in [4.78, 5) is 39.8. The molecule has 9 nitrogen and oxygen atoms in total. The van der Waals surface area contributed by atoms with Crippen molar-refractivity contribution in [2.45, 2.75) is 13.3 Å². The van der Waals surface area contributed by atoms with Crippen molar-refractivity contribution in [1.82, 2.24) is 4.90 Å². The highest BCUT2D eigenvalue weighted by Gasteiger charge is 2.27. The maximum Gasteiger partial charge on any atom is 0.308 e. The highest BCUT2D eigenvalue weighted by atomic mass is 16.5. The van der Waals surface area contributed by atoms with Crippen LogP contribution in [-0.2, 0) is 14.4 Å². The molecule has 176 valence electrons. The smallest absolute Gasteiger partial charge is 0.308 e. The number of methoxy groups -OCH3 is 1. The van der Waals surface area contributed by atoms with Crippen molar-refractivity contribution in [3.8, 4) is 5.75 Å². The largest absolute Gasteiger partial charge is 0.495 e. The van der Waals surface area contributed by atoms with E-state index >= 15 is 0 Å². The molecule has 0 aliphatic carbocycles. The molecule has 2 amide bonds. The number of aliphatic carboxylic acids is 1. The van der Waals surface area contributed by atoms with Gasteiger partial charge < -0.3 is 25.4 Å². The van der Waals surface area contributed by atoms with Crippen molar-refractivity contribution in [2.24, 2.45) is 5.92 Å². The zero-order valence-corrected chi connectivity index (χ0v) is 18.9. The lowest BCUT2D eigenvalue weighted by molar-refractivity contribution is -0.144. The molecule has 1 unspecified atom stereocenters. The predicted molar refractivity (Wildman–Crippen MR) is 127 cm³/mol. The van der Waals surface area contributed by atoms with Crippen LogP contribution < -0.4 is 20.3 Å². The van der Waals surface area contributed by atoms with Crippen LogP contribution in [0.1, 0.15) is 13.3 Å². The fourth-order valence-corrected chi connectivity index (χ4v) is 3.92. The summed E-state index contributed by atoms with van der Waals surface area (Å²) in [6, 6.07) is 14.6. The summed E-state index contributed by atoms with van der Waals surface area (Å²) in [6.45, 7) is 4.58. The molecule has 1 atom stereocenters. The van der Waals surface area contributed by atoms with E-state index in [1.54, 1.807) is 31.4 Å². The summed E-state index contributed by atoms with van der Waals surface area (Å²) in [6.07, 6.45) is -0.133. The summed E-state index contributed by atoms with van der Waals surface area (Å²) in [5.74, 6) is -1.59. The fraction of sp³-hybridized carbons (Fsp3) is 0.375. The molecule has 3 rings (SSSR count). The molecule has 2 aromatic carbocycles. The molecule has 1 heterocycles. The third-order valence-electron chi connectivity index (χ3n) is 5.52. The normalized spacial score (nSPS) is 14.9. The Bertz CT molecular complexity index is 988. The third kappa shape index (κ3) is 6.95. The van der Waals surface area contributed by atoms with Crippen LogP contribution in [0.3, 0.4) is 0 Å². The first-order valence-corrected chi connectivity index (χ1v) is 10.9. The van der Waals surface area contributed by atoms with Crippen LogP contribution in [0.15, 0.2) is 48.5 Å². The number of rotatable bonds is 9. The second-order valence-corrected chi connectivity index (χ2v) is 8.01. The van der Waals surface area contributed by atoms with Crippen LogP contribution in [0.2, 0.25) is 0 Å². The van der Waals surface area contributed by atoms with Gasteiger partial charge in [-0.1, -0.05) is 18.2 Å². The first-order valence-electron chi connectivity index (χ1n) is 10.9. The van der Waals surface area contributed by atoms with E-state index < -0.39 is 11.9 Å². The number of nitrogens with zero attached hydrogens (tertiary/aromatic N) is 2. The van der Waals surface area contributed by atoms with Gasteiger partial charge >= 0.3 is 5.97 Å². The van der Waals surface area contributed by atoms with Crippen LogP contribution in [-0.4, -0.2) is 67.6 Å². The minimum absolute atomic E-state index is 0.133. The number of piperazine rings is 1. The summed E-state index contributed by atoms with van der Waals surface area (Å²) in [5, 5.41) is 15.1. The number of carboxylic acid groups (broad SMARTS) is 1. The average molecular weight is 455 g/mol. The van der Waals surface area contributed by atoms with E-state index in [-0.39, 0.29) is 18.2 Å². The molecule has 3 N–H and O–H groups in total. The van der Waals surface area contributed by atoms with Crippen molar-refractivity contribution < 1.29 is 24.2 Å². The van der Waals surface area contributed by atoms with Gasteiger partial charge in [-0.05, 0) is 30.3 Å². The number of carbonyl (C=O) groups is 3. The maximum atomic E-state index is 12.5. The Kier molecular flexibility index (Phi) is 8.26. The Morgan fingerprint density at radius 2 is 1.67 bits per heavy atom. The summed E-state index contributed by atoms with van der Waals surface area (Å²) in [7, 11) is 1.65. The van der Waals surface area contributed by atoms with Crippen molar-refractivity contribution >= 4 is 34.8 Å². The van der Waals surface area contributed by atoms with Gasteiger partial charge in [-0.15, -0.1) is 0 Å². The molecular weight excluding hydrogens is 424 g/mol. The standard InChI is InChI=1S/C24H30N4O5/c1-17(29)25-19-6-5-7-20(15-19)26-23(30)14-18(24(31)32)16-27-10-12-28(13-11-27)21-8-3-4-9-22(21)33-2/h3-9,15,18H,10-14,16H2,1-2H3,(H,25,29)(H,26,30)(H,31,32). The van der Waals surface area contributed by atoms with Gasteiger partial charge in [0, 0.05) is 57.4 Å². The SMILES string of the molecule is COc1ccccc1N1CCN(CC(CC(=O)Nc2cccc(NC(C)=O)c2)C(=O)O)CC1. The molecule has 9 heteroatoms. The van der Waals surface area contributed by atoms with Gasteiger partial charge in [-0.2, -0.15) is 0 Å². The van der Waals surface area contributed by atoms with Crippen LogP contribution >= 0.6 is 0 Å². The first-order chi connectivity index (χ1) is 15.9. The molecule has 0 radical (unpaired) electrons. The van der Waals surface area contributed by atoms with Crippen LogP contribution in [0.25, 0.3) is 0 Å². The number of amides is 2. The molecule has 33 heavy (non-hydrogen) atoms. The quantitative estimate of drug-likeness (QED) is 0.534. The zero-order chi connectivity index (χ0) is 23.8. The minimum Gasteiger partial charge on any atom is -0.495 e. The Hall–Kier alpha value is -3.59. The summed E-state index contributed by atoms with van der Waals surface area (Å²) >= 11 is 0. The number of hydrogen-bond donors (Lipinski definition) is 3. The van der Waals surface area contributed by atoms with E-state index in [9.17, 15) is 19.5 Å². The monoisotopic (exact) mass is 454 g/mol. The van der Waals surface area contributed by atoms with E-state index in [2.05, 4.69) is 20.4 Å². The molecule has 1 fully saturated rings. The van der Waals surface area contributed by atoms with Gasteiger partial charge in [-0.25, -0.2) is 0 Å². The molecular formula is C24H30N4O5. The first kappa shape index (κ1) is 24.1. The number of nitrogens with one attached hydrogen (secondary N) is 2. The van der Waals surface area contributed by atoms with Crippen molar-refractivity contribution in [2.75, 3.05) is 55.4 Å². The van der Waals surface area contributed by atoms with Gasteiger partial charge in [0.15, 0.2) is 0 Å². The molecule has 0 spiro atoms. The van der Waals surface area contributed by atoms with Crippen molar-refractivity contribution in [3.63, 3.8) is 0 Å². The van der Waals surface area contributed by atoms with Gasteiger partial charge in [0.1, 0.15) is 5.75 Å². The Balaban J connectivity index is 1.53. The van der Waals surface area contributed by atoms with Gasteiger partial charge in [0.2, 0.25) is 11.8 Å². The van der Waals surface area contributed by atoms with E-state index in [1.165, 1.54) is 6.92 Å². The Labute approximate surface area is 193 Å². The number of carbonyl (C=O) groups excluding carboxylic acids is 2. The molecule has 1 aliphatic rings. The van der Waals surface area contributed by atoms with E-state index in [0.29, 0.717) is 31.0 Å². The number of para-hydroxylation sites is 2. The number of ether oxygens (including phenoxy) is 1. The summed E-state index contributed by atoms with van der Waals surface area (Å²) in [5.41, 5.74) is 2.08. The summed E-state index contributed by atoms with van der Waals surface area (Å²) < 4.78 is 5.44. The van der Waals surface area contributed by atoms with E-state index in [1.807, 2.05) is 24.3 Å². The number of anilines is 3. The molecule has 1 saturated heterocycles.